The van der Waals surface area contributed by atoms with Crippen LogP contribution in [-0.2, 0) is 6.42 Å². The Kier molecular flexibility index (Phi) is 2.79. The molecule has 0 radical (unpaired) electrons. The summed E-state index contributed by atoms with van der Waals surface area (Å²) in [6.45, 7) is 0. The van der Waals surface area contributed by atoms with E-state index in [1.54, 1.807) is 33.4 Å². The standard InChI is InChI=1S/C13H9N5S2/c1-2-6-14-10(5-1)12-15-16-13-18(12)17-11(20-13)8-9-4-3-7-19-9/h1-7H,8H2. The van der Waals surface area contributed by atoms with Gasteiger partial charge in [-0.2, -0.15) is 9.61 Å². The summed E-state index contributed by atoms with van der Waals surface area (Å²) < 4.78 is 1.77. The lowest BCUT2D eigenvalue weighted by atomic mass is 10.3. The van der Waals surface area contributed by atoms with Crippen LogP contribution in [0.3, 0.4) is 0 Å². The first-order valence-corrected chi connectivity index (χ1v) is 7.75. The average Bonchev–Trinajstić information content (AvgIpc) is 3.17. The first-order chi connectivity index (χ1) is 9.90. The highest BCUT2D eigenvalue weighted by Crippen LogP contribution is 2.22. The van der Waals surface area contributed by atoms with E-state index < -0.39 is 0 Å². The maximum atomic E-state index is 4.60. The van der Waals surface area contributed by atoms with Crippen LogP contribution in [-0.4, -0.2) is 24.8 Å². The number of nitrogens with zero attached hydrogens (tertiary/aromatic N) is 5. The molecule has 5 nitrogen and oxygen atoms in total. The molecule has 0 atom stereocenters. The fraction of sp³-hybridized carbons (Fsp3) is 0.0769. The van der Waals surface area contributed by atoms with Gasteiger partial charge < -0.3 is 0 Å². The minimum Gasteiger partial charge on any atom is -0.253 e. The van der Waals surface area contributed by atoms with Crippen LogP contribution in [0.5, 0.6) is 0 Å². The first-order valence-electron chi connectivity index (χ1n) is 6.05. The zero-order valence-electron chi connectivity index (χ0n) is 10.3. The van der Waals surface area contributed by atoms with Gasteiger partial charge in [0.25, 0.3) is 0 Å². The Morgan fingerprint density at radius 1 is 1.10 bits per heavy atom. The summed E-state index contributed by atoms with van der Waals surface area (Å²) in [4.78, 5) is 6.40. The van der Waals surface area contributed by atoms with Crippen molar-refractivity contribution in [3.05, 3.63) is 51.8 Å². The van der Waals surface area contributed by atoms with Gasteiger partial charge in [0.1, 0.15) is 10.7 Å². The van der Waals surface area contributed by atoms with E-state index in [1.807, 2.05) is 18.2 Å². The number of thiophene rings is 1. The minimum atomic E-state index is 0.689. The van der Waals surface area contributed by atoms with Gasteiger partial charge in [-0.1, -0.05) is 23.5 Å². The summed E-state index contributed by atoms with van der Waals surface area (Å²) in [7, 11) is 0. The molecule has 0 saturated heterocycles. The lowest BCUT2D eigenvalue weighted by molar-refractivity contribution is 0.916. The second-order valence-electron chi connectivity index (χ2n) is 4.18. The lowest BCUT2D eigenvalue weighted by Crippen LogP contribution is -1.94. The van der Waals surface area contributed by atoms with Crippen LogP contribution >= 0.6 is 22.7 Å². The van der Waals surface area contributed by atoms with Crippen LogP contribution in [0, 0.1) is 0 Å². The zero-order valence-corrected chi connectivity index (χ0v) is 11.9. The van der Waals surface area contributed by atoms with Crippen LogP contribution in [0.15, 0.2) is 41.9 Å². The monoisotopic (exact) mass is 299 g/mol. The molecule has 0 N–H and O–H groups in total. The molecule has 0 saturated carbocycles. The smallest absolute Gasteiger partial charge is 0.235 e. The summed E-state index contributed by atoms with van der Waals surface area (Å²) >= 11 is 3.31. The van der Waals surface area contributed by atoms with Crippen molar-refractivity contribution in [1.82, 2.24) is 24.8 Å². The van der Waals surface area contributed by atoms with E-state index in [1.165, 1.54) is 4.88 Å². The molecule has 0 aliphatic carbocycles. The van der Waals surface area contributed by atoms with Crippen molar-refractivity contribution in [2.24, 2.45) is 0 Å². The van der Waals surface area contributed by atoms with Crippen molar-refractivity contribution in [1.29, 1.82) is 0 Å². The molecule has 4 aromatic heterocycles. The van der Waals surface area contributed by atoms with Gasteiger partial charge in [-0.25, -0.2) is 0 Å². The quantitative estimate of drug-likeness (QED) is 0.583. The third kappa shape index (κ3) is 2.00. The Morgan fingerprint density at radius 3 is 2.90 bits per heavy atom. The van der Waals surface area contributed by atoms with Gasteiger partial charge in [0, 0.05) is 17.5 Å². The first kappa shape index (κ1) is 11.7. The molecule has 0 amide bonds. The lowest BCUT2D eigenvalue weighted by Gasteiger charge is -1.94. The van der Waals surface area contributed by atoms with Crippen molar-refractivity contribution >= 4 is 27.6 Å². The van der Waals surface area contributed by atoms with Crippen molar-refractivity contribution in [2.45, 2.75) is 6.42 Å². The van der Waals surface area contributed by atoms with Crippen LogP contribution in [0.4, 0.5) is 0 Å². The highest BCUT2D eigenvalue weighted by molar-refractivity contribution is 7.17. The number of hydrogen-bond donors (Lipinski definition) is 0. The van der Waals surface area contributed by atoms with E-state index >= 15 is 0 Å². The van der Waals surface area contributed by atoms with E-state index in [0.717, 1.165) is 22.1 Å². The van der Waals surface area contributed by atoms with Gasteiger partial charge >= 0.3 is 0 Å². The average molecular weight is 299 g/mol. The van der Waals surface area contributed by atoms with Crippen LogP contribution < -0.4 is 0 Å². The molecule has 0 aromatic carbocycles. The molecular formula is C13H9N5S2. The number of pyridine rings is 1. The number of aromatic nitrogens is 5. The van der Waals surface area contributed by atoms with Crippen LogP contribution in [0.25, 0.3) is 16.5 Å². The highest BCUT2D eigenvalue weighted by Gasteiger charge is 2.14. The van der Waals surface area contributed by atoms with Crippen molar-refractivity contribution in [3.63, 3.8) is 0 Å². The Balaban J connectivity index is 1.75. The molecule has 0 fully saturated rings. The van der Waals surface area contributed by atoms with E-state index in [2.05, 4.69) is 37.8 Å². The van der Waals surface area contributed by atoms with Crippen molar-refractivity contribution in [2.75, 3.05) is 0 Å². The largest absolute Gasteiger partial charge is 0.253 e. The Bertz CT molecular complexity index is 832. The van der Waals surface area contributed by atoms with E-state index in [9.17, 15) is 0 Å². The summed E-state index contributed by atoms with van der Waals surface area (Å²) in [6.07, 6.45) is 2.59. The molecule has 4 aromatic rings. The zero-order chi connectivity index (χ0) is 13.4. The van der Waals surface area contributed by atoms with Gasteiger partial charge in [0.15, 0.2) is 0 Å². The third-order valence-corrected chi connectivity index (χ3v) is 4.61. The third-order valence-electron chi connectivity index (χ3n) is 2.83. The minimum absolute atomic E-state index is 0.689. The van der Waals surface area contributed by atoms with Gasteiger partial charge in [-0.05, 0) is 23.6 Å². The molecule has 0 spiro atoms. The number of rotatable bonds is 3. The Morgan fingerprint density at radius 2 is 2.10 bits per heavy atom. The van der Waals surface area contributed by atoms with Gasteiger partial charge in [-0.3, -0.25) is 4.98 Å². The topological polar surface area (TPSA) is 56.0 Å². The second-order valence-corrected chi connectivity index (χ2v) is 6.26. The fourth-order valence-electron chi connectivity index (χ4n) is 1.94. The summed E-state index contributed by atoms with van der Waals surface area (Å²) in [5.41, 5.74) is 0.785. The summed E-state index contributed by atoms with van der Waals surface area (Å²) in [5, 5.41) is 16.1. The molecule has 0 bridgehead atoms. The van der Waals surface area contributed by atoms with E-state index in [4.69, 9.17) is 0 Å². The summed E-state index contributed by atoms with van der Waals surface area (Å²) in [5.74, 6) is 0.689. The molecule has 98 valence electrons. The predicted molar refractivity (Wildman–Crippen MR) is 79.0 cm³/mol. The van der Waals surface area contributed by atoms with Crippen LogP contribution in [0.2, 0.25) is 0 Å². The molecule has 4 heterocycles. The van der Waals surface area contributed by atoms with E-state index in [0.29, 0.717) is 5.82 Å². The molecule has 4 rings (SSSR count). The molecule has 0 aliphatic rings. The normalized spacial score (nSPS) is 11.2. The molecular weight excluding hydrogens is 290 g/mol. The Labute approximate surface area is 122 Å². The molecule has 7 heteroatoms. The predicted octanol–water partition coefficient (Wildman–Crippen LogP) is 2.90. The second kappa shape index (κ2) is 4.77. The Hall–Kier alpha value is -2.12. The molecule has 0 aliphatic heterocycles. The van der Waals surface area contributed by atoms with Crippen LogP contribution in [0.1, 0.15) is 9.88 Å². The molecule has 20 heavy (non-hydrogen) atoms. The number of fused-ring (bicyclic) bond motifs is 1. The van der Waals surface area contributed by atoms with Gasteiger partial charge in [-0.15, -0.1) is 21.5 Å². The molecule has 0 unspecified atom stereocenters. The fourth-order valence-corrected chi connectivity index (χ4v) is 3.60. The van der Waals surface area contributed by atoms with E-state index in [-0.39, 0.29) is 0 Å². The highest BCUT2D eigenvalue weighted by atomic mass is 32.1. The SMILES string of the molecule is c1ccc(-c2nnc3sc(Cc4cccs4)nn23)nc1. The maximum absolute atomic E-state index is 4.60. The summed E-state index contributed by atoms with van der Waals surface area (Å²) in [6, 6.07) is 9.90. The van der Waals surface area contributed by atoms with Crippen molar-refractivity contribution in [3.8, 4) is 11.5 Å². The van der Waals surface area contributed by atoms with Gasteiger partial charge in [0.2, 0.25) is 10.8 Å². The van der Waals surface area contributed by atoms with Gasteiger partial charge in [0.05, 0.1) is 0 Å². The maximum Gasteiger partial charge on any atom is 0.235 e. The number of hydrogen-bond acceptors (Lipinski definition) is 6. The van der Waals surface area contributed by atoms with Crippen molar-refractivity contribution < 1.29 is 0 Å².